The van der Waals surface area contributed by atoms with Crippen molar-refractivity contribution in [2.45, 2.75) is 39.7 Å². The van der Waals surface area contributed by atoms with E-state index in [1.807, 2.05) is 27.0 Å². The summed E-state index contributed by atoms with van der Waals surface area (Å²) in [4.78, 5) is 0. The summed E-state index contributed by atoms with van der Waals surface area (Å²) in [5.74, 6) is -0.123. The molecule has 0 heterocycles. The number of benzene rings is 1. The standard InChI is InChI=1S/C15H24FNO/c1-5-7-18-8-6-14(17-4)15-12(3)9-11(2)10-13(15)16/h9-10,14,17H,5-8H2,1-4H3. The van der Waals surface area contributed by atoms with E-state index < -0.39 is 0 Å². The molecule has 1 aromatic carbocycles. The quantitative estimate of drug-likeness (QED) is 0.751. The maximum Gasteiger partial charge on any atom is 0.128 e. The fourth-order valence-electron chi connectivity index (χ4n) is 2.25. The van der Waals surface area contributed by atoms with Gasteiger partial charge in [-0.05, 0) is 50.9 Å². The van der Waals surface area contributed by atoms with E-state index in [0.717, 1.165) is 36.1 Å². The van der Waals surface area contributed by atoms with Crippen molar-refractivity contribution < 1.29 is 9.13 Å². The van der Waals surface area contributed by atoms with Crippen LogP contribution in [0.2, 0.25) is 0 Å². The van der Waals surface area contributed by atoms with Gasteiger partial charge >= 0.3 is 0 Å². The Kier molecular flexibility index (Phi) is 6.30. The van der Waals surface area contributed by atoms with Crippen LogP contribution in [0.15, 0.2) is 12.1 Å². The van der Waals surface area contributed by atoms with Gasteiger partial charge in [0.05, 0.1) is 0 Å². The van der Waals surface area contributed by atoms with Crippen molar-refractivity contribution in [3.63, 3.8) is 0 Å². The molecule has 0 amide bonds. The van der Waals surface area contributed by atoms with Crippen LogP contribution in [-0.4, -0.2) is 20.3 Å². The minimum Gasteiger partial charge on any atom is -0.381 e. The Morgan fingerprint density at radius 2 is 2.00 bits per heavy atom. The molecule has 0 aliphatic heterocycles. The van der Waals surface area contributed by atoms with Crippen LogP contribution < -0.4 is 5.32 Å². The SMILES string of the molecule is CCCOCCC(NC)c1c(C)cc(C)cc1F. The number of ether oxygens (including phenoxy) is 1. The molecule has 0 aromatic heterocycles. The predicted octanol–water partition coefficient (Wildman–Crippen LogP) is 3.52. The molecule has 0 bridgehead atoms. The Labute approximate surface area is 110 Å². The molecule has 18 heavy (non-hydrogen) atoms. The number of aryl methyl sites for hydroxylation is 2. The van der Waals surface area contributed by atoms with E-state index in [0.29, 0.717) is 6.61 Å². The summed E-state index contributed by atoms with van der Waals surface area (Å²) in [7, 11) is 1.86. The first-order chi connectivity index (χ1) is 8.60. The largest absolute Gasteiger partial charge is 0.381 e. The first-order valence-electron chi connectivity index (χ1n) is 6.61. The molecule has 2 nitrogen and oxygen atoms in total. The van der Waals surface area contributed by atoms with Gasteiger partial charge in [0, 0.05) is 24.8 Å². The molecule has 3 heteroatoms. The zero-order valence-corrected chi connectivity index (χ0v) is 11.8. The van der Waals surface area contributed by atoms with Crippen LogP contribution in [0.4, 0.5) is 4.39 Å². The van der Waals surface area contributed by atoms with Crippen LogP contribution in [0, 0.1) is 19.7 Å². The van der Waals surface area contributed by atoms with Gasteiger partial charge in [0.1, 0.15) is 5.82 Å². The molecule has 0 fully saturated rings. The van der Waals surface area contributed by atoms with E-state index in [4.69, 9.17) is 4.74 Å². The Hall–Kier alpha value is -0.930. The molecule has 1 unspecified atom stereocenters. The number of hydrogen-bond donors (Lipinski definition) is 1. The van der Waals surface area contributed by atoms with E-state index >= 15 is 0 Å². The number of hydrogen-bond acceptors (Lipinski definition) is 2. The summed E-state index contributed by atoms with van der Waals surface area (Å²) < 4.78 is 19.5. The Morgan fingerprint density at radius 3 is 2.56 bits per heavy atom. The lowest BCUT2D eigenvalue weighted by atomic mass is 9.96. The fraction of sp³-hybridized carbons (Fsp3) is 0.600. The van der Waals surface area contributed by atoms with E-state index in [-0.39, 0.29) is 11.9 Å². The molecular formula is C15H24FNO. The number of halogens is 1. The minimum atomic E-state index is -0.123. The topological polar surface area (TPSA) is 21.3 Å². The summed E-state index contributed by atoms with van der Waals surface area (Å²) in [6, 6.07) is 3.64. The number of nitrogens with one attached hydrogen (secondary N) is 1. The molecular weight excluding hydrogens is 229 g/mol. The summed E-state index contributed by atoms with van der Waals surface area (Å²) in [5, 5.41) is 3.18. The highest BCUT2D eigenvalue weighted by atomic mass is 19.1. The second-order valence-corrected chi connectivity index (χ2v) is 4.72. The van der Waals surface area contributed by atoms with E-state index in [1.165, 1.54) is 0 Å². The summed E-state index contributed by atoms with van der Waals surface area (Å²) in [6.07, 6.45) is 1.81. The Balaban J connectivity index is 2.75. The molecule has 1 rings (SSSR count). The van der Waals surface area contributed by atoms with Crippen molar-refractivity contribution in [3.8, 4) is 0 Å². The lowest BCUT2D eigenvalue weighted by Crippen LogP contribution is -2.21. The van der Waals surface area contributed by atoms with Crippen LogP contribution >= 0.6 is 0 Å². The highest BCUT2D eigenvalue weighted by molar-refractivity contribution is 5.34. The molecule has 1 atom stereocenters. The van der Waals surface area contributed by atoms with Gasteiger partial charge in [-0.1, -0.05) is 13.0 Å². The van der Waals surface area contributed by atoms with E-state index in [1.54, 1.807) is 6.07 Å². The first kappa shape index (κ1) is 15.1. The predicted molar refractivity (Wildman–Crippen MR) is 73.4 cm³/mol. The minimum absolute atomic E-state index is 0.0162. The third-order valence-corrected chi connectivity index (χ3v) is 3.08. The van der Waals surface area contributed by atoms with Crippen molar-refractivity contribution in [2.75, 3.05) is 20.3 Å². The van der Waals surface area contributed by atoms with Gasteiger partial charge in [0.15, 0.2) is 0 Å². The van der Waals surface area contributed by atoms with Crippen molar-refractivity contribution in [2.24, 2.45) is 0 Å². The van der Waals surface area contributed by atoms with Crippen molar-refractivity contribution in [1.82, 2.24) is 5.32 Å². The highest BCUT2D eigenvalue weighted by Crippen LogP contribution is 2.25. The smallest absolute Gasteiger partial charge is 0.128 e. The summed E-state index contributed by atoms with van der Waals surface area (Å²) >= 11 is 0. The van der Waals surface area contributed by atoms with E-state index in [2.05, 4.69) is 12.2 Å². The Morgan fingerprint density at radius 1 is 1.28 bits per heavy atom. The van der Waals surface area contributed by atoms with Crippen molar-refractivity contribution >= 4 is 0 Å². The van der Waals surface area contributed by atoms with Crippen molar-refractivity contribution in [1.29, 1.82) is 0 Å². The number of rotatable bonds is 7. The molecule has 0 saturated heterocycles. The third kappa shape index (κ3) is 4.07. The van der Waals surface area contributed by atoms with Crippen LogP contribution in [0.3, 0.4) is 0 Å². The molecule has 0 radical (unpaired) electrons. The normalized spacial score (nSPS) is 12.7. The highest BCUT2D eigenvalue weighted by Gasteiger charge is 2.16. The molecule has 0 spiro atoms. The van der Waals surface area contributed by atoms with Crippen LogP contribution in [0.5, 0.6) is 0 Å². The van der Waals surface area contributed by atoms with Gasteiger partial charge in [0.25, 0.3) is 0 Å². The van der Waals surface area contributed by atoms with E-state index in [9.17, 15) is 4.39 Å². The van der Waals surface area contributed by atoms with Crippen LogP contribution in [0.25, 0.3) is 0 Å². The average molecular weight is 253 g/mol. The van der Waals surface area contributed by atoms with Gasteiger partial charge in [0.2, 0.25) is 0 Å². The zero-order chi connectivity index (χ0) is 13.5. The zero-order valence-electron chi connectivity index (χ0n) is 11.8. The lowest BCUT2D eigenvalue weighted by molar-refractivity contribution is 0.125. The van der Waals surface area contributed by atoms with Gasteiger partial charge in [-0.3, -0.25) is 0 Å². The second-order valence-electron chi connectivity index (χ2n) is 4.72. The van der Waals surface area contributed by atoms with Crippen molar-refractivity contribution in [3.05, 3.63) is 34.6 Å². The first-order valence-corrected chi connectivity index (χ1v) is 6.61. The average Bonchev–Trinajstić information content (AvgIpc) is 2.31. The lowest BCUT2D eigenvalue weighted by Gasteiger charge is -2.20. The maximum atomic E-state index is 14.0. The summed E-state index contributed by atoms with van der Waals surface area (Å²) in [5.41, 5.74) is 2.73. The molecule has 0 saturated carbocycles. The molecule has 102 valence electrons. The van der Waals surface area contributed by atoms with Gasteiger partial charge < -0.3 is 10.1 Å². The van der Waals surface area contributed by atoms with Gasteiger partial charge in [-0.15, -0.1) is 0 Å². The fourth-order valence-corrected chi connectivity index (χ4v) is 2.25. The molecule has 1 N–H and O–H groups in total. The summed E-state index contributed by atoms with van der Waals surface area (Å²) in [6.45, 7) is 7.39. The maximum absolute atomic E-state index is 14.0. The molecule has 0 aliphatic carbocycles. The van der Waals surface area contributed by atoms with Gasteiger partial charge in [-0.2, -0.15) is 0 Å². The molecule has 0 aliphatic rings. The monoisotopic (exact) mass is 253 g/mol. The molecule has 1 aromatic rings. The third-order valence-electron chi connectivity index (χ3n) is 3.08. The van der Waals surface area contributed by atoms with Crippen LogP contribution in [0.1, 0.15) is 42.5 Å². The van der Waals surface area contributed by atoms with Crippen LogP contribution in [-0.2, 0) is 4.74 Å². The second kappa shape index (κ2) is 7.49. The van der Waals surface area contributed by atoms with Gasteiger partial charge in [-0.25, -0.2) is 4.39 Å². The Bertz CT molecular complexity index is 356.